The van der Waals surface area contributed by atoms with Crippen molar-refractivity contribution in [1.82, 2.24) is 0 Å². The molecule has 1 aromatic carbocycles. The van der Waals surface area contributed by atoms with E-state index >= 15 is 0 Å². The third kappa shape index (κ3) is 3.88. The summed E-state index contributed by atoms with van der Waals surface area (Å²) in [5, 5.41) is 0. The molecule has 0 amide bonds. The fraction of sp³-hybridized carbons (Fsp3) is 0.400. The van der Waals surface area contributed by atoms with Gasteiger partial charge in [0.05, 0.1) is 13.6 Å². The topological polar surface area (TPSA) is 4.44 Å². The van der Waals surface area contributed by atoms with Crippen LogP contribution in [0.15, 0.2) is 30.3 Å². The Bertz CT molecular complexity index is 198. The van der Waals surface area contributed by atoms with Crippen LogP contribution in [0.4, 0.5) is 0 Å². The zero-order valence-corrected chi connectivity index (χ0v) is 9.26. The summed E-state index contributed by atoms with van der Waals surface area (Å²) in [6.45, 7) is 4.53. The van der Waals surface area contributed by atoms with Crippen LogP contribution >= 0.6 is 0 Å². The minimum absolute atomic E-state index is 0. The Morgan fingerprint density at radius 1 is 1.17 bits per heavy atom. The highest BCUT2D eigenvalue weighted by Crippen LogP contribution is 1.94. The quantitative estimate of drug-likeness (QED) is 0.597. The van der Waals surface area contributed by atoms with Crippen molar-refractivity contribution in [2.75, 3.05) is 13.6 Å². The normalized spacial score (nSPS) is 11.8. The van der Waals surface area contributed by atoms with E-state index in [9.17, 15) is 0 Å². The van der Waals surface area contributed by atoms with Crippen LogP contribution in [0.3, 0.4) is 0 Å². The van der Waals surface area contributed by atoms with Crippen LogP contribution in [-0.2, 0) is 6.54 Å². The first-order chi connectivity index (χ1) is 5.33. The van der Waals surface area contributed by atoms with Crippen molar-refractivity contribution in [1.29, 1.82) is 0 Å². The molecule has 0 heterocycles. The SMILES string of the molecule is CC[NH+](C)Cc1ccccc1.[Br-]. The van der Waals surface area contributed by atoms with E-state index in [1.807, 2.05) is 0 Å². The summed E-state index contributed by atoms with van der Waals surface area (Å²) in [6.07, 6.45) is 0. The number of nitrogens with one attached hydrogen (secondary N) is 1. The molecule has 0 aliphatic heterocycles. The van der Waals surface area contributed by atoms with Crippen molar-refractivity contribution in [3.05, 3.63) is 35.9 Å². The Morgan fingerprint density at radius 3 is 2.25 bits per heavy atom. The monoisotopic (exact) mass is 229 g/mol. The summed E-state index contributed by atoms with van der Waals surface area (Å²) < 4.78 is 0. The van der Waals surface area contributed by atoms with E-state index in [1.54, 1.807) is 4.90 Å². The van der Waals surface area contributed by atoms with Gasteiger partial charge in [-0.15, -0.1) is 0 Å². The van der Waals surface area contributed by atoms with Gasteiger partial charge in [0.25, 0.3) is 0 Å². The van der Waals surface area contributed by atoms with Crippen LogP contribution in [0.2, 0.25) is 0 Å². The van der Waals surface area contributed by atoms with Gasteiger partial charge in [0.1, 0.15) is 6.54 Å². The molecule has 0 aromatic heterocycles. The van der Waals surface area contributed by atoms with Gasteiger partial charge in [-0.1, -0.05) is 30.3 Å². The number of quaternary nitrogens is 1. The van der Waals surface area contributed by atoms with Gasteiger partial charge in [-0.05, 0) is 6.92 Å². The highest BCUT2D eigenvalue weighted by molar-refractivity contribution is 5.13. The fourth-order valence-electron chi connectivity index (χ4n) is 1.07. The van der Waals surface area contributed by atoms with Gasteiger partial charge in [0.15, 0.2) is 0 Å². The van der Waals surface area contributed by atoms with Gasteiger partial charge >= 0.3 is 0 Å². The molecule has 0 radical (unpaired) electrons. The highest BCUT2D eigenvalue weighted by atomic mass is 79.9. The third-order valence-electron chi connectivity index (χ3n) is 1.95. The van der Waals surface area contributed by atoms with E-state index in [1.165, 1.54) is 12.1 Å². The predicted octanol–water partition coefficient (Wildman–Crippen LogP) is -2.27. The summed E-state index contributed by atoms with van der Waals surface area (Å²) in [7, 11) is 2.22. The molecule has 68 valence electrons. The van der Waals surface area contributed by atoms with E-state index in [-0.39, 0.29) is 17.0 Å². The van der Waals surface area contributed by atoms with E-state index < -0.39 is 0 Å². The lowest BCUT2D eigenvalue weighted by Crippen LogP contribution is -3.07. The fourth-order valence-corrected chi connectivity index (χ4v) is 1.07. The Morgan fingerprint density at radius 2 is 1.75 bits per heavy atom. The van der Waals surface area contributed by atoms with Crippen LogP contribution in [0.25, 0.3) is 0 Å². The maximum absolute atomic E-state index is 2.22. The van der Waals surface area contributed by atoms with Crippen molar-refractivity contribution in [2.45, 2.75) is 13.5 Å². The number of hydrogen-bond donors (Lipinski definition) is 1. The van der Waals surface area contributed by atoms with E-state index in [2.05, 4.69) is 44.3 Å². The molecule has 0 fully saturated rings. The van der Waals surface area contributed by atoms with Crippen molar-refractivity contribution in [3.63, 3.8) is 0 Å². The summed E-state index contributed by atoms with van der Waals surface area (Å²) in [5.41, 5.74) is 1.42. The van der Waals surface area contributed by atoms with Crippen LogP contribution in [0.1, 0.15) is 12.5 Å². The molecule has 12 heavy (non-hydrogen) atoms. The molecule has 0 aliphatic rings. The average Bonchev–Trinajstić information content (AvgIpc) is 2.06. The highest BCUT2D eigenvalue weighted by Gasteiger charge is 1.97. The molecule has 2 heteroatoms. The Hall–Kier alpha value is -0.340. The minimum atomic E-state index is 0. The second-order valence-electron chi connectivity index (χ2n) is 2.97. The van der Waals surface area contributed by atoms with Crippen molar-refractivity contribution >= 4 is 0 Å². The Labute approximate surface area is 85.2 Å². The second kappa shape index (κ2) is 6.21. The summed E-state index contributed by atoms with van der Waals surface area (Å²) >= 11 is 0. The molecule has 1 rings (SSSR count). The molecule has 1 aromatic rings. The molecular weight excluding hydrogens is 214 g/mol. The third-order valence-corrected chi connectivity index (χ3v) is 1.95. The molecule has 1 nitrogen and oxygen atoms in total. The zero-order valence-electron chi connectivity index (χ0n) is 7.68. The predicted molar refractivity (Wildman–Crippen MR) is 47.6 cm³/mol. The van der Waals surface area contributed by atoms with Crippen molar-refractivity contribution in [2.24, 2.45) is 0 Å². The van der Waals surface area contributed by atoms with Gasteiger partial charge in [-0.25, -0.2) is 0 Å². The van der Waals surface area contributed by atoms with Crippen LogP contribution in [0.5, 0.6) is 0 Å². The molecule has 0 bridgehead atoms. The largest absolute Gasteiger partial charge is 1.00 e. The van der Waals surface area contributed by atoms with Crippen LogP contribution < -0.4 is 21.9 Å². The lowest BCUT2D eigenvalue weighted by atomic mass is 10.2. The molecule has 1 atom stereocenters. The van der Waals surface area contributed by atoms with E-state index in [4.69, 9.17) is 0 Å². The van der Waals surface area contributed by atoms with Crippen molar-refractivity contribution < 1.29 is 21.9 Å². The smallest absolute Gasteiger partial charge is 0.103 e. The first kappa shape index (κ1) is 11.7. The molecule has 0 saturated heterocycles. The standard InChI is InChI=1S/C10H15N.BrH/c1-3-11(2)9-10-7-5-4-6-8-10;/h4-8H,3,9H2,1-2H3;1H. The maximum atomic E-state index is 2.22. The van der Waals surface area contributed by atoms with Crippen molar-refractivity contribution in [3.8, 4) is 0 Å². The second-order valence-corrected chi connectivity index (χ2v) is 2.97. The van der Waals surface area contributed by atoms with Crippen LogP contribution in [-0.4, -0.2) is 13.6 Å². The van der Waals surface area contributed by atoms with Gasteiger partial charge < -0.3 is 21.9 Å². The zero-order chi connectivity index (χ0) is 8.10. The minimum Gasteiger partial charge on any atom is -1.00 e. The summed E-state index contributed by atoms with van der Waals surface area (Å²) in [5.74, 6) is 0. The molecule has 1 N–H and O–H groups in total. The van der Waals surface area contributed by atoms with Gasteiger partial charge in [0, 0.05) is 5.56 Å². The molecule has 0 saturated carbocycles. The molecule has 1 unspecified atom stereocenters. The molecule has 0 aliphatic carbocycles. The van der Waals surface area contributed by atoms with E-state index in [0.29, 0.717) is 0 Å². The van der Waals surface area contributed by atoms with Gasteiger partial charge in [-0.2, -0.15) is 0 Å². The van der Waals surface area contributed by atoms with E-state index in [0.717, 1.165) is 6.54 Å². The molecular formula is C10H16BrN. The first-order valence-corrected chi connectivity index (χ1v) is 4.18. The van der Waals surface area contributed by atoms with Gasteiger partial charge in [-0.3, -0.25) is 0 Å². The molecule has 0 spiro atoms. The number of hydrogen-bond acceptors (Lipinski definition) is 0. The summed E-state index contributed by atoms with van der Waals surface area (Å²) in [4.78, 5) is 1.55. The summed E-state index contributed by atoms with van der Waals surface area (Å²) in [6, 6.07) is 10.6. The number of benzene rings is 1. The lowest BCUT2D eigenvalue weighted by Gasteiger charge is -2.10. The number of rotatable bonds is 3. The Kier molecular flexibility index (Phi) is 6.03. The number of halogens is 1. The van der Waals surface area contributed by atoms with Gasteiger partial charge in [0.2, 0.25) is 0 Å². The average molecular weight is 230 g/mol. The first-order valence-electron chi connectivity index (χ1n) is 4.18. The van der Waals surface area contributed by atoms with Crippen LogP contribution in [0, 0.1) is 0 Å². The lowest BCUT2D eigenvalue weighted by molar-refractivity contribution is -0.891. The maximum Gasteiger partial charge on any atom is 0.103 e. The Balaban J connectivity index is 0.00000121.